The number of carbonyl (C=O) groups is 1. The molecule has 0 aromatic heterocycles. The Bertz CT molecular complexity index is 277. The third-order valence-electron chi connectivity index (χ3n) is 4.63. The molecule has 0 aromatic carbocycles. The minimum atomic E-state index is 0.227. The smallest absolute Gasteiger partial charge is 0.236 e. The van der Waals surface area contributed by atoms with Crippen molar-refractivity contribution in [3.8, 4) is 0 Å². The van der Waals surface area contributed by atoms with Crippen molar-refractivity contribution in [1.29, 1.82) is 0 Å². The normalized spacial score (nSPS) is 32.8. The van der Waals surface area contributed by atoms with E-state index in [2.05, 4.69) is 19.2 Å². The lowest BCUT2D eigenvalue weighted by molar-refractivity contribution is -0.134. The van der Waals surface area contributed by atoms with Gasteiger partial charge in [-0.2, -0.15) is 0 Å². The maximum absolute atomic E-state index is 12.0. The summed E-state index contributed by atoms with van der Waals surface area (Å²) in [4.78, 5) is 13.9. The van der Waals surface area contributed by atoms with E-state index in [1.807, 2.05) is 4.90 Å². The van der Waals surface area contributed by atoms with Crippen LogP contribution in [0.3, 0.4) is 0 Å². The molecule has 2 fully saturated rings. The van der Waals surface area contributed by atoms with Gasteiger partial charge in [-0.05, 0) is 24.7 Å². The molecule has 4 nitrogen and oxygen atoms in total. The van der Waals surface area contributed by atoms with Crippen LogP contribution >= 0.6 is 0 Å². The number of carbonyl (C=O) groups excluding carboxylic acids is 1. The summed E-state index contributed by atoms with van der Waals surface area (Å²) in [6.45, 7) is 7.94. The van der Waals surface area contributed by atoms with Crippen LogP contribution in [-0.2, 0) is 9.53 Å². The fourth-order valence-corrected chi connectivity index (χ4v) is 3.25. The quantitative estimate of drug-likeness (QED) is 0.821. The Labute approximate surface area is 110 Å². The first-order valence-corrected chi connectivity index (χ1v) is 7.31. The van der Waals surface area contributed by atoms with Crippen molar-refractivity contribution in [2.45, 2.75) is 39.2 Å². The zero-order valence-electron chi connectivity index (χ0n) is 11.7. The van der Waals surface area contributed by atoms with E-state index in [1.54, 1.807) is 0 Å². The molecule has 1 saturated heterocycles. The summed E-state index contributed by atoms with van der Waals surface area (Å²) < 4.78 is 5.26. The number of ether oxygens (including phenoxy) is 1. The Morgan fingerprint density at radius 3 is 2.67 bits per heavy atom. The lowest BCUT2D eigenvalue weighted by atomic mass is 9.93. The van der Waals surface area contributed by atoms with Crippen molar-refractivity contribution < 1.29 is 9.53 Å². The highest BCUT2D eigenvalue weighted by Crippen LogP contribution is 2.33. The van der Waals surface area contributed by atoms with Crippen LogP contribution in [0.5, 0.6) is 0 Å². The number of morpholine rings is 1. The van der Waals surface area contributed by atoms with Gasteiger partial charge in [-0.15, -0.1) is 0 Å². The SMILES string of the molecule is CCC1CCC(NCC(=O)N2CCOCC2)C1C. The number of nitrogens with one attached hydrogen (secondary N) is 1. The maximum Gasteiger partial charge on any atom is 0.236 e. The van der Waals surface area contributed by atoms with Crippen molar-refractivity contribution in [2.24, 2.45) is 11.8 Å². The van der Waals surface area contributed by atoms with Crippen molar-refractivity contribution >= 4 is 5.91 Å². The molecule has 1 aliphatic heterocycles. The van der Waals surface area contributed by atoms with Gasteiger partial charge in [0.1, 0.15) is 0 Å². The first-order chi connectivity index (χ1) is 8.72. The van der Waals surface area contributed by atoms with Crippen LogP contribution in [0.15, 0.2) is 0 Å². The van der Waals surface area contributed by atoms with Crippen LogP contribution in [0, 0.1) is 11.8 Å². The van der Waals surface area contributed by atoms with E-state index in [9.17, 15) is 4.79 Å². The van der Waals surface area contributed by atoms with E-state index in [0.29, 0.717) is 31.7 Å². The summed E-state index contributed by atoms with van der Waals surface area (Å²) >= 11 is 0. The van der Waals surface area contributed by atoms with Gasteiger partial charge >= 0.3 is 0 Å². The Morgan fingerprint density at radius 1 is 1.33 bits per heavy atom. The summed E-state index contributed by atoms with van der Waals surface area (Å²) in [7, 11) is 0. The predicted molar refractivity (Wildman–Crippen MR) is 71.4 cm³/mol. The summed E-state index contributed by atoms with van der Waals surface area (Å²) in [6.07, 6.45) is 3.79. The van der Waals surface area contributed by atoms with Crippen LogP contribution in [-0.4, -0.2) is 49.7 Å². The van der Waals surface area contributed by atoms with Crippen LogP contribution in [0.1, 0.15) is 33.1 Å². The zero-order chi connectivity index (χ0) is 13.0. The van der Waals surface area contributed by atoms with Gasteiger partial charge in [-0.25, -0.2) is 0 Å². The monoisotopic (exact) mass is 254 g/mol. The fraction of sp³-hybridized carbons (Fsp3) is 0.929. The highest BCUT2D eigenvalue weighted by molar-refractivity contribution is 5.78. The molecule has 0 radical (unpaired) electrons. The summed E-state index contributed by atoms with van der Waals surface area (Å²) in [5.74, 6) is 1.76. The fourth-order valence-electron chi connectivity index (χ4n) is 3.25. The van der Waals surface area contributed by atoms with E-state index >= 15 is 0 Å². The third kappa shape index (κ3) is 3.23. The van der Waals surface area contributed by atoms with Gasteiger partial charge in [0.2, 0.25) is 5.91 Å². The first kappa shape index (κ1) is 13.8. The number of hydrogen-bond acceptors (Lipinski definition) is 3. The molecule has 1 heterocycles. The molecule has 3 unspecified atom stereocenters. The Kier molecular flexibility index (Phi) is 5.01. The Hall–Kier alpha value is -0.610. The van der Waals surface area contributed by atoms with Crippen molar-refractivity contribution in [2.75, 3.05) is 32.8 Å². The molecule has 1 N–H and O–H groups in total. The topological polar surface area (TPSA) is 41.6 Å². The minimum Gasteiger partial charge on any atom is -0.378 e. The lowest BCUT2D eigenvalue weighted by Crippen LogP contribution is -2.47. The molecule has 2 aliphatic rings. The van der Waals surface area contributed by atoms with E-state index in [4.69, 9.17) is 4.74 Å². The number of nitrogens with zero attached hydrogens (tertiary/aromatic N) is 1. The van der Waals surface area contributed by atoms with Gasteiger partial charge in [0.05, 0.1) is 19.8 Å². The van der Waals surface area contributed by atoms with Gasteiger partial charge in [-0.3, -0.25) is 4.79 Å². The predicted octanol–water partition coefficient (Wildman–Crippen LogP) is 1.26. The van der Waals surface area contributed by atoms with E-state index in [1.165, 1.54) is 19.3 Å². The van der Waals surface area contributed by atoms with Crippen LogP contribution in [0.2, 0.25) is 0 Å². The zero-order valence-corrected chi connectivity index (χ0v) is 11.7. The van der Waals surface area contributed by atoms with E-state index < -0.39 is 0 Å². The molecular formula is C14H26N2O2. The van der Waals surface area contributed by atoms with Crippen molar-refractivity contribution in [3.05, 3.63) is 0 Å². The van der Waals surface area contributed by atoms with E-state index in [0.717, 1.165) is 19.0 Å². The van der Waals surface area contributed by atoms with Gasteiger partial charge in [-0.1, -0.05) is 20.3 Å². The second kappa shape index (κ2) is 6.53. The summed E-state index contributed by atoms with van der Waals surface area (Å²) in [5.41, 5.74) is 0. The molecule has 1 saturated carbocycles. The number of amides is 1. The average Bonchev–Trinajstić information content (AvgIpc) is 2.77. The number of rotatable bonds is 4. The maximum atomic E-state index is 12.0. The minimum absolute atomic E-state index is 0.227. The van der Waals surface area contributed by atoms with Crippen LogP contribution in [0.4, 0.5) is 0 Å². The second-order valence-corrected chi connectivity index (χ2v) is 5.59. The molecular weight excluding hydrogens is 228 g/mol. The number of hydrogen-bond donors (Lipinski definition) is 1. The molecule has 3 atom stereocenters. The molecule has 2 rings (SSSR count). The van der Waals surface area contributed by atoms with Gasteiger partial charge in [0, 0.05) is 19.1 Å². The molecule has 1 aliphatic carbocycles. The second-order valence-electron chi connectivity index (χ2n) is 5.59. The first-order valence-electron chi connectivity index (χ1n) is 7.31. The van der Waals surface area contributed by atoms with Crippen LogP contribution < -0.4 is 5.32 Å². The molecule has 104 valence electrons. The molecule has 0 bridgehead atoms. The van der Waals surface area contributed by atoms with Crippen molar-refractivity contribution in [1.82, 2.24) is 10.2 Å². The summed E-state index contributed by atoms with van der Waals surface area (Å²) in [6, 6.07) is 0.528. The standard InChI is InChI=1S/C14H26N2O2/c1-3-12-4-5-13(11(12)2)15-10-14(17)16-6-8-18-9-7-16/h11-13,15H,3-10H2,1-2H3. The lowest BCUT2D eigenvalue weighted by Gasteiger charge is -2.28. The van der Waals surface area contributed by atoms with Gasteiger partial charge in [0.15, 0.2) is 0 Å². The van der Waals surface area contributed by atoms with Gasteiger partial charge in [0.25, 0.3) is 0 Å². The van der Waals surface area contributed by atoms with Crippen LogP contribution in [0.25, 0.3) is 0 Å². The highest BCUT2D eigenvalue weighted by atomic mass is 16.5. The molecule has 18 heavy (non-hydrogen) atoms. The molecule has 0 spiro atoms. The Balaban J connectivity index is 1.72. The van der Waals surface area contributed by atoms with Crippen molar-refractivity contribution in [3.63, 3.8) is 0 Å². The van der Waals surface area contributed by atoms with Gasteiger partial charge < -0.3 is 15.0 Å². The molecule has 4 heteroatoms. The molecule has 0 aromatic rings. The molecule has 1 amide bonds. The Morgan fingerprint density at radius 2 is 2.06 bits per heavy atom. The average molecular weight is 254 g/mol. The highest BCUT2D eigenvalue weighted by Gasteiger charge is 2.31. The largest absolute Gasteiger partial charge is 0.378 e. The third-order valence-corrected chi connectivity index (χ3v) is 4.63. The summed E-state index contributed by atoms with van der Waals surface area (Å²) in [5, 5.41) is 3.46. The van der Waals surface area contributed by atoms with E-state index in [-0.39, 0.29) is 5.91 Å².